The fraction of sp³-hybridized carbons (Fsp3) is 0.235. The molecule has 1 aliphatic rings. The van der Waals surface area contributed by atoms with Gasteiger partial charge in [-0.1, -0.05) is 0 Å². The van der Waals surface area contributed by atoms with E-state index < -0.39 is 24.2 Å². The molecule has 2 N–H and O–H groups in total. The molecule has 3 aromatic rings. The van der Waals surface area contributed by atoms with Gasteiger partial charge in [0.25, 0.3) is 5.91 Å². The number of carbonyl (C=O) groups is 1. The van der Waals surface area contributed by atoms with Crippen LogP contribution in [0.1, 0.15) is 34.6 Å². The number of aromatic nitrogens is 3. The molecule has 4 heterocycles. The monoisotopic (exact) mass is 377 g/mol. The Balaban J connectivity index is 1.69. The third-order valence-corrected chi connectivity index (χ3v) is 4.29. The summed E-state index contributed by atoms with van der Waals surface area (Å²) in [6, 6.07) is 3.84. The van der Waals surface area contributed by atoms with Crippen molar-refractivity contribution in [1.82, 2.24) is 14.8 Å². The summed E-state index contributed by atoms with van der Waals surface area (Å²) in [5, 5.41) is 9.36. The molecule has 140 valence electrons. The van der Waals surface area contributed by atoms with Crippen LogP contribution in [0, 0.1) is 0 Å². The van der Waals surface area contributed by atoms with E-state index in [0.29, 0.717) is 11.4 Å². The number of amides is 1. The second-order valence-electron chi connectivity index (χ2n) is 6.05. The molecule has 1 amide bonds. The molecule has 0 fully saturated rings. The van der Waals surface area contributed by atoms with Gasteiger partial charge in [0.2, 0.25) is 0 Å². The highest BCUT2D eigenvalue weighted by molar-refractivity contribution is 6.07. The Morgan fingerprint density at radius 1 is 1.30 bits per heavy atom. The van der Waals surface area contributed by atoms with Crippen molar-refractivity contribution in [3.63, 3.8) is 0 Å². The van der Waals surface area contributed by atoms with Gasteiger partial charge in [-0.25, -0.2) is 4.68 Å². The van der Waals surface area contributed by atoms with E-state index in [1.54, 1.807) is 30.5 Å². The predicted octanol–water partition coefficient (Wildman–Crippen LogP) is 3.78. The van der Waals surface area contributed by atoms with Crippen molar-refractivity contribution in [3.05, 3.63) is 60.4 Å². The molecule has 7 nitrogen and oxygen atoms in total. The summed E-state index contributed by atoms with van der Waals surface area (Å²) in [6.45, 7) is 0. The molecule has 0 saturated heterocycles. The van der Waals surface area contributed by atoms with E-state index in [2.05, 4.69) is 20.7 Å². The molecule has 10 heteroatoms. The van der Waals surface area contributed by atoms with Crippen molar-refractivity contribution in [1.29, 1.82) is 0 Å². The second-order valence-corrected chi connectivity index (χ2v) is 6.05. The first-order chi connectivity index (χ1) is 12.9. The molecule has 27 heavy (non-hydrogen) atoms. The number of hydrogen-bond acceptors (Lipinski definition) is 5. The van der Waals surface area contributed by atoms with E-state index >= 15 is 0 Å². The Morgan fingerprint density at radius 3 is 2.81 bits per heavy atom. The van der Waals surface area contributed by atoms with Gasteiger partial charge in [-0.3, -0.25) is 9.78 Å². The number of hydrogen-bond donors (Lipinski definition) is 2. The third kappa shape index (κ3) is 3.25. The first kappa shape index (κ1) is 17.1. The maximum atomic E-state index is 13.6. The SMILES string of the molecule is O=C(Nc1cccnc1)c1cnn2c1NC(c1ccco1)CC2C(F)(F)F. The van der Waals surface area contributed by atoms with Crippen LogP contribution < -0.4 is 10.6 Å². The molecule has 0 aromatic carbocycles. The molecule has 0 radical (unpaired) electrons. The fourth-order valence-electron chi connectivity index (χ4n) is 3.04. The van der Waals surface area contributed by atoms with Crippen LogP contribution in [0.5, 0.6) is 0 Å². The number of alkyl halides is 3. The quantitative estimate of drug-likeness (QED) is 0.726. The molecule has 3 aromatic heterocycles. The summed E-state index contributed by atoms with van der Waals surface area (Å²) in [5.74, 6) is -0.237. The highest BCUT2D eigenvalue weighted by Gasteiger charge is 2.47. The minimum absolute atomic E-state index is 0.00404. The van der Waals surface area contributed by atoms with Gasteiger partial charge in [0, 0.05) is 12.6 Å². The maximum Gasteiger partial charge on any atom is 0.410 e. The molecule has 0 bridgehead atoms. The van der Waals surface area contributed by atoms with Crippen LogP contribution in [0.15, 0.2) is 53.5 Å². The molecular weight excluding hydrogens is 363 g/mol. The number of pyridine rings is 1. The first-order valence-corrected chi connectivity index (χ1v) is 8.09. The Bertz CT molecular complexity index is 937. The number of carbonyl (C=O) groups excluding carboxylic acids is 1. The zero-order valence-electron chi connectivity index (χ0n) is 13.8. The Labute approximate surface area is 151 Å². The van der Waals surface area contributed by atoms with E-state index in [1.807, 2.05) is 0 Å². The third-order valence-electron chi connectivity index (χ3n) is 4.29. The van der Waals surface area contributed by atoms with E-state index in [1.165, 1.54) is 12.5 Å². The van der Waals surface area contributed by atoms with Crippen LogP contribution in [-0.4, -0.2) is 26.8 Å². The number of halogens is 3. The Kier molecular flexibility index (Phi) is 4.09. The normalized spacial score (nSPS) is 19.2. The minimum Gasteiger partial charge on any atom is -0.467 e. The zero-order chi connectivity index (χ0) is 19.0. The molecule has 1 aliphatic heterocycles. The predicted molar refractivity (Wildman–Crippen MR) is 89.2 cm³/mol. The summed E-state index contributed by atoms with van der Waals surface area (Å²) < 4.78 is 46.7. The zero-order valence-corrected chi connectivity index (χ0v) is 13.8. The lowest BCUT2D eigenvalue weighted by atomic mass is 10.0. The van der Waals surface area contributed by atoms with Gasteiger partial charge < -0.3 is 15.1 Å². The fourth-order valence-corrected chi connectivity index (χ4v) is 3.04. The van der Waals surface area contributed by atoms with Gasteiger partial charge in [-0.05, 0) is 24.3 Å². The van der Waals surface area contributed by atoms with Gasteiger partial charge >= 0.3 is 6.18 Å². The number of furan rings is 1. The van der Waals surface area contributed by atoms with Crippen molar-refractivity contribution in [2.45, 2.75) is 24.7 Å². The number of nitrogens with one attached hydrogen (secondary N) is 2. The molecule has 0 spiro atoms. The highest BCUT2D eigenvalue weighted by atomic mass is 19.4. The van der Waals surface area contributed by atoms with Crippen LogP contribution in [0.3, 0.4) is 0 Å². The van der Waals surface area contributed by atoms with E-state index in [9.17, 15) is 18.0 Å². The molecule has 0 aliphatic carbocycles. The second kappa shape index (κ2) is 6.45. The lowest BCUT2D eigenvalue weighted by Gasteiger charge is -2.32. The van der Waals surface area contributed by atoms with Crippen LogP contribution in [0.25, 0.3) is 0 Å². The number of fused-ring (bicyclic) bond motifs is 1. The first-order valence-electron chi connectivity index (χ1n) is 8.09. The average molecular weight is 377 g/mol. The number of rotatable bonds is 3. The summed E-state index contributed by atoms with van der Waals surface area (Å²) >= 11 is 0. The van der Waals surface area contributed by atoms with Gasteiger partial charge in [0.05, 0.1) is 30.4 Å². The van der Waals surface area contributed by atoms with Crippen LogP contribution in [0.2, 0.25) is 0 Å². The smallest absolute Gasteiger partial charge is 0.410 e. The summed E-state index contributed by atoms with van der Waals surface area (Å²) in [7, 11) is 0. The molecule has 4 rings (SSSR count). The van der Waals surface area contributed by atoms with Gasteiger partial charge in [-0.15, -0.1) is 0 Å². The molecule has 2 unspecified atom stereocenters. The summed E-state index contributed by atoms with van der Waals surface area (Å²) in [5.41, 5.74) is 0.428. The van der Waals surface area contributed by atoms with Crippen molar-refractivity contribution < 1.29 is 22.4 Å². The number of anilines is 2. The Hall–Kier alpha value is -3.30. The molecule has 0 saturated carbocycles. The Morgan fingerprint density at radius 2 is 2.15 bits per heavy atom. The van der Waals surface area contributed by atoms with E-state index in [-0.39, 0.29) is 17.8 Å². The number of nitrogens with zero attached hydrogens (tertiary/aromatic N) is 3. The topological polar surface area (TPSA) is 85.0 Å². The molecule has 2 atom stereocenters. The van der Waals surface area contributed by atoms with Crippen LogP contribution in [0.4, 0.5) is 24.7 Å². The van der Waals surface area contributed by atoms with Gasteiger partial charge in [0.15, 0.2) is 6.04 Å². The lowest BCUT2D eigenvalue weighted by Crippen LogP contribution is -2.36. The minimum atomic E-state index is -4.52. The van der Waals surface area contributed by atoms with Gasteiger partial charge in [0.1, 0.15) is 17.1 Å². The van der Waals surface area contributed by atoms with Crippen molar-refractivity contribution >= 4 is 17.4 Å². The van der Waals surface area contributed by atoms with Crippen LogP contribution >= 0.6 is 0 Å². The lowest BCUT2D eigenvalue weighted by molar-refractivity contribution is -0.174. The van der Waals surface area contributed by atoms with Crippen LogP contribution in [-0.2, 0) is 0 Å². The summed E-state index contributed by atoms with van der Waals surface area (Å²) in [4.78, 5) is 16.4. The van der Waals surface area contributed by atoms with Gasteiger partial charge in [-0.2, -0.15) is 18.3 Å². The average Bonchev–Trinajstić information content (AvgIpc) is 3.30. The van der Waals surface area contributed by atoms with E-state index in [4.69, 9.17) is 4.42 Å². The highest BCUT2D eigenvalue weighted by Crippen LogP contribution is 2.44. The van der Waals surface area contributed by atoms with E-state index in [0.717, 1.165) is 10.9 Å². The van der Waals surface area contributed by atoms with Crippen molar-refractivity contribution in [2.24, 2.45) is 0 Å². The van der Waals surface area contributed by atoms with Crippen molar-refractivity contribution in [3.8, 4) is 0 Å². The largest absolute Gasteiger partial charge is 0.467 e. The van der Waals surface area contributed by atoms with Crippen molar-refractivity contribution in [2.75, 3.05) is 10.6 Å². The summed E-state index contributed by atoms with van der Waals surface area (Å²) in [6.07, 6.45) is 0.672. The molecular formula is C17H14F3N5O2. The standard InChI is InChI=1S/C17H14F3N5O2/c18-17(19,20)14-7-12(13-4-2-6-27-13)24-15-11(9-22-25(14)15)16(26)23-10-3-1-5-21-8-10/h1-6,8-9,12,14,24H,7H2,(H,23,26). The maximum absolute atomic E-state index is 13.6.